The van der Waals surface area contributed by atoms with Crippen LogP contribution in [-0.4, -0.2) is 40.1 Å². The van der Waals surface area contributed by atoms with E-state index >= 15 is 0 Å². The Bertz CT molecular complexity index is 319. The van der Waals surface area contributed by atoms with Gasteiger partial charge in [0.1, 0.15) is 12.5 Å². The van der Waals surface area contributed by atoms with E-state index in [1.165, 1.54) is 4.90 Å². The van der Waals surface area contributed by atoms with Crippen LogP contribution in [0.25, 0.3) is 0 Å². The largest absolute Gasteiger partial charge is 0.465 e. The summed E-state index contributed by atoms with van der Waals surface area (Å²) >= 11 is 0. The molecule has 1 N–H and O–H groups in total. The molecule has 1 saturated carbocycles. The quantitative estimate of drug-likeness (QED) is 0.800. The van der Waals surface area contributed by atoms with Gasteiger partial charge in [-0.1, -0.05) is 0 Å². The lowest BCUT2D eigenvalue weighted by Crippen LogP contribution is -2.52. The van der Waals surface area contributed by atoms with Crippen LogP contribution in [-0.2, 0) is 4.79 Å². The topological polar surface area (TPSA) is 57.6 Å². The van der Waals surface area contributed by atoms with Crippen molar-refractivity contribution in [1.82, 2.24) is 4.90 Å². The summed E-state index contributed by atoms with van der Waals surface area (Å²) < 4.78 is 13.1. The molecule has 4 nitrogen and oxygen atoms in total. The number of alkyl halides is 1. The highest BCUT2D eigenvalue weighted by atomic mass is 19.1. The maximum absolute atomic E-state index is 13.1. The highest BCUT2D eigenvalue weighted by Gasteiger charge is 2.35. The van der Waals surface area contributed by atoms with Crippen molar-refractivity contribution in [3.05, 3.63) is 0 Å². The van der Waals surface area contributed by atoms with Crippen LogP contribution in [0, 0.1) is 5.92 Å². The first-order valence-electron chi connectivity index (χ1n) is 6.87. The number of hydrogen-bond donors (Lipinski definition) is 1. The molecule has 5 heteroatoms. The summed E-state index contributed by atoms with van der Waals surface area (Å²) in [5.74, 6) is 0.242. The second-order valence-corrected chi connectivity index (χ2v) is 6.38. The van der Waals surface area contributed by atoms with E-state index in [4.69, 9.17) is 0 Å². The van der Waals surface area contributed by atoms with E-state index in [1.54, 1.807) is 20.8 Å². The normalized spacial score (nSPS) is 25.7. The molecule has 0 aromatic rings. The van der Waals surface area contributed by atoms with Gasteiger partial charge in [0, 0.05) is 5.54 Å². The van der Waals surface area contributed by atoms with E-state index in [0.29, 0.717) is 25.5 Å². The third-order valence-corrected chi connectivity index (χ3v) is 3.77. The summed E-state index contributed by atoms with van der Waals surface area (Å²) in [6.45, 7) is 5.32. The zero-order chi connectivity index (χ0) is 14.6. The number of carbonyl (C=O) groups is 2. The van der Waals surface area contributed by atoms with E-state index in [0.717, 1.165) is 12.8 Å². The fourth-order valence-corrected chi connectivity index (χ4v) is 2.85. The standard InChI is InChI=1S/C14H24FNO3/c1-14(2,3)16(13(18)19)12(9-17)8-10-4-6-11(15)7-5-10/h9-12H,4-8H2,1-3H3,(H,18,19)/t10?,11?,12-/m0/s1. The van der Waals surface area contributed by atoms with Crippen LogP contribution >= 0.6 is 0 Å². The molecule has 0 bridgehead atoms. The number of hydrogen-bond acceptors (Lipinski definition) is 2. The first-order chi connectivity index (χ1) is 8.75. The molecule has 1 fully saturated rings. The van der Waals surface area contributed by atoms with Gasteiger partial charge in [-0.2, -0.15) is 0 Å². The van der Waals surface area contributed by atoms with Gasteiger partial charge in [0.25, 0.3) is 0 Å². The van der Waals surface area contributed by atoms with Crippen LogP contribution in [0.15, 0.2) is 0 Å². The minimum atomic E-state index is -1.08. The summed E-state index contributed by atoms with van der Waals surface area (Å²) in [6.07, 6.45) is 1.93. The van der Waals surface area contributed by atoms with Crippen LogP contribution in [0.4, 0.5) is 9.18 Å². The summed E-state index contributed by atoms with van der Waals surface area (Å²) in [7, 11) is 0. The molecule has 0 spiro atoms. The molecule has 0 aromatic heterocycles. The van der Waals surface area contributed by atoms with Crippen LogP contribution < -0.4 is 0 Å². The van der Waals surface area contributed by atoms with Crippen LogP contribution in [0.5, 0.6) is 0 Å². The van der Waals surface area contributed by atoms with Gasteiger partial charge in [-0.05, 0) is 58.8 Å². The summed E-state index contributed by atoms with van der Waals surface area (Å²) in [5.41, 5.74) is -0.616. The third kappa shape index (κ3) is 4.48. The highest BCUT2D eigenvalue weighted by molar-refractivity contribution is 5.72. The molecule has 19 heavy (non-hydrogen) atoms. The zero-order valence-corrected chi connectivity index (χ0v) is 11.9. The molecule has 0 aliphatic heterocycles. The molecule has 110 valence electrons. The minimum Gasteiger partial charge on any atom is -0.465 e. The second-order valence-electron chi connectivity index (χ2n) is 6.38. The van der Waals surface area contributed by atoms with E-state index in [2.05, 4.69) is 0 Å². The highest BCUT2D eigenvalue weighted by Crippen LogP contribution is 2.31. The average molecular weight is 273 g/mol. The van der Waals surface area contributed by atoms with Gasteiger partial charge in [-0.3, -0.25) is 4.90 Å². The molecule has 1 aliphatic carbocycles. The Balaban J connectivity index is 2.70. The number of carboxylic acid groups (broad SMARTS) is 1. The second kappa shape index (κ2) is 6.35. The molecule has 0 radical (unpaired) electrons. The van der Waals surface area contributed by atoms with Crippen molar-refractivity contribution in [3.8, 4) is 0 Å². The summed E-state index contributed by atoms with van der Waals surface area (Å²) in [4.78, 5) is 23.8. The fraction of sp³-hybridized carbons (Fsp3) is 0.857. The number of amides is 1. The summed E-state index contributed by atoms with van der Waals surface area (Å²) in [5, 5.41) is 9.29. The predicted molar refractivity (Wildman–Crippen MR) is 70.9 cm³/mol. The van der Waals surface area contributed by atoms with Crippen molar-refractivity contribution >= 4 is 12.4 Å². The first-order valence-corrected chi connectivity index (χ1v) is 6.87. The van der Waals surface area contributed by atoms with Crippen molar-refractivity contribution in [2.24, 2.45) is 5.92 Å². The zero-order valence-electron chi connectivity index (χ0n) is 11.9. The lowest BCUT2D eigenvalue weighted by molar-refractivity contribution is -0.114. The SMILES string of the molecule is CC(C)(C)N(C(=O)O)[C@H](C=O)CC1CCC(F)CC1. The van der Waals surface area contributed by atoms with Gasteiger partial charge in [-0.15, -0.1) is 0 Å². The van der Waals surface area contributed by atoms with Gasteiger partial charge >= 0.3 is 6.09 Å². The van der Waals surface area contributed by atoms with Gasteiger partial charge in [-0.25, -0.2) is 9.18 Å². The maximum Gasteiger partial charge on any atom is 0.408 e. The molecule has 0 unspecified atom stereocenters. The van der Waals surface area contributed by atoms with Crippen molar-refractivity contribution in [1.29, 1.82) is 0 Å². The van der Waals surface area contributed by atoms with Gasteiger partial charge in [0.2, 0.25) is 0 Å². The molecule has 1 amide bonds. The van der Waals surface area contributed by atoms with E-state index in [1.807, 2.05) is 0 Å². The lowest BCUT2D eigenvalue weighted by Gasteiger charge is -2.39. The molecule has 1 rings (SSSR count). The smallest absolute Gasteiger partial charge is 0.408 e. The van der Waals surface area contributed by atoms with E-state index in [9.17, 15) is 19.1 Å². The number of halogens is 1. The first kappa shape index (κ1) is 15.9. The Morgan fingerprint density at radius 1 is 1.37 bits per heavy atom. The van der Waals surface area contributed by atoms with Crippen molar-refractivity contribution in [2.75, 3.05) is 0 Å². The molecule has 0 saturated heterocycles. The number of rotatable bonds is 4. The van der Waals surface area contributed by atoms with Crippen LogP contribution in [0.3, 0.4) is 0 Å². The molecule has 0 aromatic carbocycles. The van der Waals surface area contributed by atoms with Gasteiger partial charge in [0.05, 0.1) is 6.04 Å². The van der Waals surface area contributed by atoms with Crippen molar-refractivity contribution in [2.45, 2.75) is 70.6 Å². The Morgan fingerprint density at radius 2 is 1.89 bits per heavy atom. The number of nitrogens with zero attached hydrogens (tertiary/aromatic N) is 1. The Labute approximate surface area is 114 Å². The fourth-order valence-electron chi connectivity index (χ4n) is 2.85. The average Bonchev–Trinajstić information content (AvgIpc) is 2.28. The minimum absolute atomic E-state index is 0.242. The molecular weight excluding hydrogens is 249 g/mol. The monoisotopic (exact) mass is 273 g/mol. The Morgan fingerprint density at radius 3 is 2.26 bits per heavy atom. The van der Waals surface area contributed by atoms with Crippen LogP contribution in [0.1, 0.15) is 52.9 Å². The number of aldehydes is 1. The van der Waals surface area contributed by atoms with Crippen molar-refractivity contribution < 1.29 is 19.1 Å². The van der Waals surface area contributed by atoms with Crippen molar-refractivity contribution in [3.63, 3.8) is 0 Å². The van der Waals surface area contributed by atoms with Crippen LogP contribution in [0.2, 0.25) is 0 Å². The molecule has 1 atom stereocenters. The van der Waals surface area contributed by atoms with Gasteiger partial charge in [0.15, 0.2) is 0 Å². The molecular formula is C14H24FNO3. The Kier molecular flexibility index (Phi) is 5.32. The van der Waals surface area contributed by atoms with E-state index in [-0.39, 0.29) is 5.92 Å². The van der Waals surface area contributed by atoms with Gasteiger partial charge < -0.3 is 9.90 Å². The predicted octanol–water partition coefficient (Wildman–Crippen LogP) is 3.25. The lowest BCUT2D eigenvalue weighted by atomic mass is 9.83. The number of carbonyl (C=O) groups excluding carboxylic acids is 1. The third-order valence-electron chi connectivity index (χ3n) is 3.77. The molecule has 1 aliphatic rings. The molecule has 0 heterocycles. The summed E-state index contributed by atoms with van der Waals surface area (Å²) in [6, 6.07) is -0.640. The van der Waals surface area contributed by atoms with E-state index < -0.39 is 23.8 Å². The maximum atomic E-state index is 13.1. The Hall–Kier alpha value is -1.13.